The number of nitrogens with zero attached hydrogens (tertiary/aromatic N) is 4. The SMILES string of the molecule is CC(C)(COP(=O)(O)OP(=O)(O)OC[C@@H]1O[C@@H](n2cnc3c(N)ncnc32)[C@H](O)[C@H]1OP(=O)(O)O)[C@@H](O)C(=O)NCCC(=O)NCCSC(=O)CCC(=O)O. The van der Waals surface area contributed by atoms with Crippen LogP contribution in [-0.4, -0.2) is 134 Å². The number of imidazole rings is 1. The van der Waals surface area contributed by atoms with E-state index in [4.69, 9.17) is 24.6 Å². The molecule has 1 aliphatic rings. The van der Waals surface area contributed by atoms with Gasteiger partial charge in [0.05, 0.1) is 26.0 Å². The zero-order valence-corrected chi connectivity index (χ0v) is 32.3. The van der Waals surface area contributed by atoms with Gasteiger partial charge in [-0.3, -0.25) is 37.3 Å². The number of aliphatic carboxylic acids is 1. The summed E-state index contributed by atoms with van der Waals surface area (Å²) in [6, 6.07) is 0. The van der Waals surface area contributed by atoms with E-state index in [1.54, 1.807) is 0 Å². The number of fused-ring (bicyclic) bond motifs is 1. The Kier molecular flexibility index (Phi) is 16.4. The largest absolute Gasteiger partial charge is 0.481 e. The molecule has 2 aromatic heterocycles. The van der Waals surface area contributed by atoms with Crippen LogP contribution in [0.1, 0.15) is 39.3 Å². The van der Waals surface area contributed by atoms with E-state index < -0.39 is 90.5 Å². The van der Waals surface area contributed by atoms with Gasteiger partial charge in [0, 0.05) is 37.1 Å². The molecule has 2 amide bonds. The predicted molar refractivity (Wildman–Crippen MR) is 184 cm³/mol. The minimum Gasteiger partial charge on any atom is -0.481 e. The van der Waals surface area contributed by atoms with Gasteiger partial charge in [-0.25, -0.2) is 28.6 Å². The monoisotopic (exact) mass is 867 g/mol. The zero-order valence-electron chi connectivity index (χ0n) is 28.8. The van der Waals surface area contributed by atoms with Crippen LogP contribution in [0.15, 0.2) is 12.7 Å². The number of rotatable bonds is 22. The summed E-state index contributed by atoms with van der Waals surface area (Å²) in [4.78, 5) is 97.3. The maximum Gasteiger partial charge on any atom is 0.481 e. The number of anilines is 1. The van der Waals surface area contributed by atoms with Crippen molar-refractivity contribution in [2.75, 3.05) is 37.8 Å². The van der Waals surface area contributed by atoms with Crippen molar-refractivity contribution in [2.45, 2.75) is 63.8 Å². The second-order valence-electron chi connectivity index (χ2n) is 12.2. The number of thioether (sulfide) groups is 1. The topological polar surface area (TPSA) is 401 Å². The maximum atomic E-state index is 12.6. The van der Waals surface area contributed by atoms with E-state index in [2.05, 4.69) is 34.4 Å². The molecule has 0 saturated carbocycles. The Hall–Kier alpha value is -2.97. The Morgan fingerprint density at radius 2 is 1.69 bits per heavy atom. The molecular weight excluding hydrogens is 827 g/mol. The lowest BCUT2D eigenvalue weighted by Gasteiger charge is -2.30. The number of aliphatic hydroxyl groups excluding tert-OH is 2. The fourth-order valence-corrected chi connectivity index (χ4v) is 8.08. The van der Waals surface area contributed by atoms with Crippen molar-refractivity contribution in [2.24, 2.45) is 5.41 Å². The molecule has 26 nitrogen and oxygen atoms in total. The van der Waals surface area contributed by atoms with Gasteiger partial charge in [0.25, 0.3) is 0 Å². The Morgan fingerprint density at radius 3 is 2.35 bits per heavy atom. The molecule has 1 saturated heterocycles. The highest BCUT2D eigenvalue weighted by Crippen LogP contribution is 2.61. The molecule has 310 valence electrons. The third-order valence-corrected chi connectivity index (χ3v) is 11.3. The summed E-state index contributed by atoms with van der Waals surface area (Å²) in [5.74, 6) is -2.51. The molecule has 3 heterocycles. The van der Waals surface area contributed by atoms with E-state index >= 15 is 0 Å². The summed E-state index contributed by atoms with van der Waals surface area (Å²) in [5.41, 5.74) is 4.20. The van der Waals surface area contributed by atoms with Gasteiger partial charge in [-0.2, -0.15) is 4.31 Å². The molecule has 0 aliphatic carbocycles. The maximum absolute atomic E-state index is 12.6. The van der Waals surface area contributed by atoms with Crippen LogP contribution in [0.3, 0.4) is 0 Å². The van der Waals surface area contributed by atoms with Crippen molar-refractivity contribution < 1.29 is 90.4 Å². The molecule has 1 fully saturated rings. The zero-order chi connectivity index (χ0) is 41.4. The van der Waals surface area contributed by atoms with E-state index in [0.29, 0.717) is 0 Å². The summed E-state index contributed by atoms with van der Waals surface area (Å²) in [5, 5.41) is 34.4. The molecule has 0 spiro atoms. The van der Waals surface area contributed by atoms with Crippen molar-refractivity contribution in [1.82, 2.24) is 30.2 Å². The van der Waals surface area contributed by atoms with Crippen molar-refractivity contribution in [1.29, 1.82) is 0 Å². The summed E-state index contributed by atoms with van der Waals surface area (Å²) in [7, 11) is -16.4. The molecular formula is C25H40N7O19P3S. The lowest BCUT2D eigenvalue weighted by molar-refractivity contribution is -0.138. The van der Waals surface area contributed by atoms with E-state index in [0.717, 1.165) is 29.0 Å². The van der Waals surface area contributed by atoms with Crippen LogP contribution in [0.2, 0.25) is 0 Å². The highest BCUT2D eigenvalue weighted by molar-refractivity contribution is 8.13. The Morgan fingerprint density at radius 1 is 1.02 bits per heavy atom. The van der Waals surface area contributed by atoms with Crippen LogP contribution >= 0.6 is 35.2 Å². The van der Waals surface area contributed by atoms with E-state index in [9.17, 15) is 62.7 Å². The number of carboxylic acids is 1. The molecule has 2 unspecified atom stereocenters. The van der Waals surface area contributed by atoms with Gasteiger partial charge >= 0.3 is 29.4 Å². The number of carbonyl (C=O) groups is 4. The van der Waals surface area contributed by atoms with Crippen LogP contribution in [0.25, 0.3) is 11.2 Å². The van der Waals surface area contributed by atoms with E-state index in [1.165, 1.54) is 13.8 Å². The molecule has 30 heteroatoms. The first-order valence-corrected chi connectivity index (χ1v) is 21.2. The summed E-state index contributed by atoms with van der Waals surface area (Å²) in [6.07, 6.45) is -7.55. The summed E-state index contributed by atoms with van der Waals surface area (Å²) in [6.45, 7) is 0.213. The second kappa shape index (κ2) is 19.5. The van der Waals surface area contributed by atoms with Gasteiger partial charge in [0.2, 0.25) is 11.8 Å². The highest BCUT2D eigenvalue weighted by Gasteiger charge is 2.50. The molecule has 0 aromatic carbocycles. The number of hydrogen-bond acceptors (Lipinski definition) is 19. The first-order chi connectivity index (χ1) is 25.4. The lowest BCUT2D eigenvalue weighted by atomic mass is 9.87. The standard InChI is InChI=1S/C25H40N7O19P3S/c1-25(2,20(38)23(39)28-6-5-14(33)27-7-8-55-16(36)4-3-15(34)35)10-48-54(45,46)51-53(43,44)47-9-13-19(50-52(40,41)42)18(37)24(49-13)32-12-31-17-21(26)29-11-30-22(17)32/h11-13,18-20,24,37-38H,3-10H2,1-2H3,(H,27,33)(H,28,39)(H,34,35)(H,43,44)(H,45,46)(H2,26,29,30)(H2,40,41,42)/t13-,18+,19-,20-,24+/m0/s1. The fourth-order valence-electron chi connectivity index (χ4n) is 4.58. The molecule has 0 radical (unpaired) electrons. The predicted octanol–water partition coefficient (Wildman–Crippen LogP) is -1.47. The van der Waals surface area contributed by atoms with Gasteiger partial charge < -0.3 is 56.0 Å². The Bertz CT molecular complexity index is 1850. The number of carbonyl (C=O) groups excluding carboxylic acids is 3. The van der Waals surface area contributed by atoms with Crippen LogP contribution in [0.5, 0.6) is 0 Å². The molecule has 2 aromatic rings. The lowest BCUT2D eigenvalue weighted by Crippen LogP contribution is -2.46. The number of ether oxygens (including phenoxy) is 1. The van der Waals surface area contributed by atoms with Crippen LogP contribution in [0, 0.1) is 5.41 Å². The number of hydrogen-bond donors (Lipinski definition) is 10. The number of aromatic nitrogens is 4. The molecule has 0 bridgehead atoms. The summed E-state index contributed by atoms with van der Waals surface area (Å²) < 4.78 is 61.9. The van der Waals surface area contributed by atoms with Crippen molar-refractivity contribution >= 4 is 75.1 Å². The summed E-state index contributed by atoms with van der Waals surface area (Å²) >= 11 is 0.849. The van der Waals surface area contributed by atoms with Gasteiger partial charge in [0.15, 0.2) is 22.8 Å². The number of carboxylic acid groups (broad SMARTS) is 1. The van der Waals surface area contributed by atoms with Gasteiger partial charge in [0.1, 0.15) is 36.3 Å². The Labute approximate surface area is 314 Å². The quantitative estimate of drug-likeness (QED) is 0.0477. The number of phosphoric ester groups is 3. The number of aliphatic hydroxyl groups is 2. The molecule has 11 N–H and O–H groups in total. The van der Waals surface area contributed by atoms with Crippen LogP contribution < -0.4 is 16.4 Å². The highest BCUT2D eigenvalue weighted by atomic mass is 32.2. The first kappa shape index (κ1) is 46.4. The molecule has 1 aliphatic heterocycles. The van der Waals surface area contributed by atoms with Crippen LogP contribution in [-0.2, 0) is 55.5 Å². The minimum atomic E-state index is -5.59. The third kappa shape index (κ3) is 14.5. The molecule has 55 heavy (non-hydrogen) atoms. The van der Waals surface area contributed by atoms with Crippen molar-refractivity contribution in [3.05, 3.63) is 12.7 Å². The number of amides is 2. The smallest absolute Gasteiger partial charge is 0.481 e. The average Bonchev–Trinajstić information content (AvgIpc) is 3.63. The number of nitrogens with two attached hydrogens (primary N) is 1. The van der Waals surface area contributed by atoms with Gasteiger partial charge in [-0.15, -0.1) is 0 Å². The van der Waals surface area contributed by atoms with Gasteiger partial charge in [-0.05, 0) is 0 Å². The van der Waals surface area contributed by atoms with E-state index in [-0.39, 0.29) is 60.2 Å². The average molecular weight is 868 g/mol. The van der Waals surface area contributed by atoms with E-state index in [1.807, 2.05) is 0 Å². The Balaban J connectivity index is 1.49. The molecule has 7 atom stereocenters. The van der Waals surface area contributed by atoms with Crippen LogP contribution in [0.4, 0.5) is 5.82 Å². The fraction of sp³-hybridized carbons (Fsp3) is 0.640. The number of nitrogens with one attached hydrogen (secondary N) is 2. The number of nitrogen functional groups attached to an aromatic ring is 1. The number of phosphoric acid groups is 3. The van der Waals surface area contributed by atoms with Crippen molar-refractivity contribution in [3.8, 4) is 0 Å². The minimum absolute atomic E-state index is 0.0197. The molecule has 3 rings (SSSR count). The first-order valence-electron chi connectivity index (χ1n) is 15.7. The third-order valence-electron chi connectivity index (χ3n) is 7.31. The van der Waals surface area contributed by atoms with Gasteiger partial charge in [-0.1, -0.05) is 25.6 Å². The normalized spacial score (nSPS) is 21.7. The van der Waals surface area contributed by atoms with Crippen molar-refractivity contribution in [3.63, 3.8) is 0 Å². The second-order valence-corrected chi connectivity index (χ2v) is 17.6.